The fourth-order valence-electron chi connectivity index (χ4n) is 2.65. The van der Waals surface area contributed by atoms with Crippen LogP contribution in [0.25, 0.3) is 22.8 Å². The number of amides is 1. The Bertz CT molecular complexity index is 1020. The van der Waals surface area contributed by atoms with Crippen LogP contribution in [-0.2, 0) is 14.3 Å². The van der Waals surface area contributed by atoms with Crippen LogP contribution in [0.3, 0.4) is 0 Å². The van der Waals surface area contributed by atoms with Crippen molar-refractivity contribution >= 4 is 23.3 Å². The monoisotopic (exact) mass is 392 g/mol. The van der Waals surface area contributed by atoms with Gasteiger partial charge in [-0.3, -0.25) is 14.4 Å². The molecule has 1 heterocycles. The highest BCUT2D eigenvalue weighted by molar-refractivity contribution is 6.00. The number of hydrogen-bond acceptors (Lipinski definition) is 6. The standard InChI is InChI=1S/C22H20N2O5/c1-3-18(26)20-21(29-22(24-20)16-7-5-4-6-8-16)15-9-11-17(12-10-15)23-19(27)13-28-14(2)25/h4-12H,3,13H2,1-2H3,(H,23,27). The van der Waals surface area contributed by atoms with E-state index in [0.29, 0.717) is 29.3 Å². The minimum absolute atomic E-state index is 0.121. The minimum atomic E-state index is -0.525. The second-order valence-corrected chi connectivity index (χ2v) is 6.25. The predicted molar refractivity (Wildman–Crippen MR) is 107 cm³/mol. The van der Waals surface area contributed by atoms with Crippen LogP contribution < -0.4 is 5.32 Å². The van der Waals surface area contributed by atoms with Gasteiger partial charge in [0.2, 0.25) is 5.89 Å². The lowest BCUT2D eigenvalue weighted by molar-refractivity contribution is -0.144. The van der Waals surface area contributed by atoms with Crippen molar-refractivity contribution < 1.29 is 23.5 Å². The summed E-state index contributed by atoms with van der Waals surface area (Å²) in [4.78, 5) is 39.3. The maximum absolute atomic E-state index is 12.4. The van der Waals surface area contributed by atoms with E-state index in [1.54, 1.807) is 31.2 Å². The van der Waals surface area contributed by atoms with Crippen LogP contribution >= 0.6 is 0 Å². The number of rotatable bonds is 7. The molecule has 1 N–H and O–H groups in total. The Hall–Kier alpha value is -3.74. The Kier molecular flexibility index (Phi) is 6.19. The van der Waals surface area contributed by atoms with E-state index in [-0.39, 0.29) is 18.1 Å². The number of nitrogens with zero attached hydrogens (tertiary/aromatic N) is 1. The molecule has 2 aromatic carbocycles. The number of esters is 1. The molecule has 0 unspecified atom stereocenters. The first kappa shape index (κ1) is 20.0. The van der Waals surface area contributed by atoms with Gasteiger partial charge >= 0.3 is 5.97 Å². The van der Waals surface area contributed by atoms with Gasteiger partial charge < -0.3 is 14.5 Å². The number of oxazole rings is 1. The molecule has 0 saturated heterocycles. The molecular formula is C22H20N2O5. The number of nitrogens with one attached hydrogen (secondary N) is 1. The summed E-state index contributed by atoms with van der Waals surface area (Å²) in [6, 6.07) is 16.1. The van der Waals surface area contributed by atoms with E-state index in [1.165, 1.54) is 6.92 Å². The van der Waals surface area contributed by atoms with Gasteiger partial charge in [0.15, 0.2) is 23.8 Å². The lowest BCUT2D eigenvalue weighted by atomic mass is 10.1. The van der Waals surface area contributed by atoms with Gasteiger partial charge in [0.05, 0.1) is 0 Å². The van der Waals surface area contributed by atoms with Crippen molar-refractivity contribution in [3.05, 3.63) is 60.3 Å². The zero-order chi connectivity index (χ0) is 20.8. The van der Waals surface area contributed by atoms with E-state index in [0.717, 1.165) is 5.56 Å². The van der Waals surface area contributed by atoms with Gasteiger partial charge in [-0.2, -0.15) is 0 Å². The van der Waals surface area contributed by atoms with Gasteiger partial charge in [0.1, 0.15) is 0 Å². The number of ketones is 1. The molecule has 0 radical (unpaired) electrons. The van der Waals surface area contributed by atoms with Crippen molar-refractivity contribution in [1.29, 1.82) is 0 Å². The Labute approximate surface area is 167 Å². The molecule has 29 heavy (non-hydrogen) atoms. The topological polar surface area (TPSA) is 98.5 Å². The number of carbonyl (C=O) groups is 3. The van der Waals surface area contributed by atoms with E-state index >= 15 is 0 Å². The Morgan fingerprint density at radius 3 is 2.31 bits per heavy atom. The molecule has 0 bridgehead atoms. The SMILES string of the molecule is CCC(=O)c1nc(-c2ccccc2)oc1-c1ccc(NC(=O)COC(C)=O)cc1. The van der Waals surface area contributed by atoms with Crippen LogP contribution in [0.5, 0.6) is 0 Å². The second kappa shape index (κ2) is 8.97. The highest BCUT2D eigenvalue weighted by atomic mass is 16.5. The summed E-state index contributed by atoms with van der Waals surface area (Å²) >= 11 is 0. The van der Waals surface area contributed by atoms with Gasteiger partial charge in [-0.05, 0) is 36.4 Å². The molecule has 0 spiro atoms. The van der Waals surface area contributed by atoms with E-state index in [9.17, 15) is 14.4 Å². The number of anilines is 1. The molecule has 7 nitrogen and oxygen atoms in total. The fraction of sp³-hybridized carbons (Fsp3) is 0.182. The Morgan fingerprint density at radius 2 is 1.69 bits per heavy atom. The third-order valence-electron chi connectivity index (χ3n) is 4.07. The van der Waals surface area contributed by atoms with E-state index in [1.807, 2.05) is 30.3 Å². The smallest absolute Gasteiger partial charge is 0.303 e. The highest BCUT2D eigenvalue weighted by Crippen LogP contribution is 2.31. The summed E-state index contributed by atoms with van der Waals surface area (Å²) in [5, 5.41) is 2.63. The molecule has 7 heteroatoms. The number of hydrogen-bond donors (Lipinski definition) is 1. The molecule has 0 fully saturated rings. The van der Waals surface area contributed by atoms with E-state index in [4.69, 9.17) is 4.42 Å². The molecule has 1 aromatic heterocycles. The van der Waals surface area contributed by atoms with Crippen molar-refractivity contribution in [2.75, 3.05) is 11.9 Å². The van der Waals surface area contributed by atoms with Crippen LogP contribution in [0.1, 0.15) is 30.8 Å². The zero-order valence-corrected chi connectivity index (χ0v) is 16.1. The van der Waals surface area contributed by atoms with Crippen molar-refractivity contribution in [1.82, 2.24) is 4.98 Å². The normalized spacial score (nSPS) is 10.4. The van der Waals surface area contributed by atoms with Crippen LogP contribution in [0.2, 0.25) is 0 Å². The molecule has 0 atom stereocenters. The molecule has 0 aliphatic carbocycles. The van der Waals surface area contributed by atoms with Crippen LogP contribution in [-0.4, -0.2) is 29.3 Å². The average Bonchev–Trinajstić information content (AvgIpc) is 3.18. The first-order valence-electron chi connectivity index (χ1n) is 9.11. The number of aromatic nitrogens is 1. The summed E-state index contributed by atoms with van der Waals surface area (Å²) in [5.74, 6) is -0.335. The van der Waals surface area contributed by atoms with Crippen molar-refractivity contribution in [3.8, 4) is 22.8 Å². The molecule has 1 amide bonds. The van der Waals surface area contributed by atoms with Gasteiger partial charge in [-0.1, -0.05) is 25.1 Å². The van der Waals surface area contributed by atoms with E-state index < -0.39 is 11.9 Å². The third-order valence-corrected chi connectivity index (χ3v) is 4.07. The van der Waals surface area contributed by atoms with Crippen LogP contribution in [0.4, 0.5) is 5.69 Å². The van der Waals surface area contributed by atoms with Gasteiger partial charge in [-0.25, -0.2) is 4.98 Å². The number of carbonyl (C=O) groups excluding carboxylic acids is 3. The summed E-state index contributed by atoms with van der Waals surface area (Å²) in [6.45, 7) is 2.65. The third kappa shape index (κ3) is 4.95. The summed E-state index contributed by atoms with van der Waals surface area (Å²) in [6.07, 6.45) is 0.304. The van der Waals surface area contributed by atoms with Crippen LogP contribution in [0.15, 0.2) is 59.0 Å². The van der Waals surface area contributed by atoms with Crippen LogP contribution in [0, 0.1) is 0 Å². The maximum atomic E-state index is 12.4. The number of benzene rings is 2. The maximum Gasteiger partial charge on any atom is 0.303 e. The molecular weight excluding hydrogens is 372 g/mol. The first-order valence-corrected chi connectivity index (χ1v) is 9.11. The molecule has 0 saturated carbocycles. The molecule has 3 rings (SSSR count). The van der Waals surface area contributed by atoms with Crippen molar-refractivity contribution in [3.63, 3.8) is 0 Å². The molecule has 148 valence electrons. The Morgan fingerprint density at radius 1 is 1.00 bits per heavy atom. The second-order valence-electron chi connectivity index (χ2n) is 6.25. The summed E-state index contributed by atoms with van der Waals surface area (Å²) in [7, 11) is 0. The van der Waals surface area contributed by atoms with Crippen molar-refractivity contribution in [2.45, 2.75) is 20.3 Å². The van der Waals surface area contributed by atoms with Crippen molar-refractivity contribution in [2.24, 2.45) is 0 Å². The molecule has 3 aromatic rings. The van der Waals surface area contributed by atoms with Gasteiger partial charge in [0.25, 0.3) is 5.91 Å². The summed E-state index contributed by atoms with van der Waals surface area (Å²) in [5.41, 5.74) is 2.24. The van der Waals surface area contributed by atoms with Gasteiger partial charge in [0, 0.05) is 30.2 Å². The first-order chi connectivity index (χ1) is 14.0. The fourth-order valence-corrected chi connectivity index (χ4v) is 2.65. The largest absolute Gasteiger partial charge is 0.456 e. The quantitative estimate of drug-likeness (QED) is 0.480. The highest BCUT2D eigenvalue weighted by Gasteiger charge is 2.21. The minimum Gasteiger partial charge on any atom is -0.456 e. The molecule has 0 aliphatic rings. The molecule has 0 aliphatic heterocycles. The number of Topliss-reactive ketones (excluding diaryl/α,β-unsaturated/α-hetero) is 1. The number of ether oxygens (including phenoxy) is 1. The predicted octanol–water partition coefficient (Wildman–Crippen LogP) is 4.10. The van der Waals surface area contributed by atoms with E-state index in [2.05, 4.69) is 15.0 Å². The average molecular weight is 392 g/mol. The summed E-state index contributed by atoms with van der Waals surface area (Å²) < 4.78 is 10.6. The zero-order valence-electron chi connectivity index (χ0n) is 16.1. The lowest BCUT2D eigenvalue weighted by Crippen LogP contribution is -2.19. The van der Waals surface area contributed by atoms with Gasteiger partial charge in [-0.15, -0.1) is 0 Å². The lowest BCUT2D eigenvalue weighted by Gasteiger charge is -2.06. The Balaban J connectivity index is 1.85.